The maximum atomic E-state index is 12.4. The first-order valence-electron chi connectivity index (χ1n) is 9.04. The molecule has 0 spiro atoms. The van der Waals surface area contributed by atoms with Crippen molar-refractivity contribution in [3.8, 4) is 5.75 Å². The highest BCUT2D eigenvalue weighted by atomic mass is 19.3. The molecule has 1 heterocycles. The molecular formula is C19H23F2N3O3. The number of rotatable bonds is 7. The van der Waals surface area contributed by atoms with Gasteiger partial charge in [0.05, 0.1) is 6.54 Å². The average molecular weight is 379 g/mol. The molecule has 3 rings (SSSR count). The molecule has 1 aromatic rings. The van der Waals surface area contributed by atoms with Crippen LogP contribution in [0.3, 0.4) is 0 Å². The maximum Gasteiger partial charge on any atom is 0.387 e. The highest BCUT2D eigenvalue weighted by molar-refractivity contribution is 5.92. The minimum Gasteiger partial charge on any atom is -0.434 e. The van der Waals surface area contributed by atoms with Crippen molar-refractivity contribution < 1.29 is 23.1 Å². The molecule has 0 unspecified atom stereocenters. The second kappa shape index (κ2) is 8.94. The second-order valence-corrected chi connectivity index (χ2v) is 6.69. The Morgan fingerprint density at radius 3 is 2.56 bits per heavy atom. The minimum absolute atomic E-state index is 0.0306. The van der Waals surface area contributed by atoms with Gasteiger partial charge in [0.25, 0.3) is 0 Å². The molecule has 2 aliphatic rings. The fraction of sp³-hybridized carbons (Fsp3) is 0.474. The molecule has 1 N–H and O–H groups in total. The third-order valence-electron chi connectivity index (χ3n) is 4.53. The number of carbonyl (C=O) groups excluding carboxylic acids is 2. The average Bonchev–Trinajstić information content (AvgIpc) is 3.44. The predicted octanol–water partition coefficient (Wildman–Crippen LogP) is 1.72. The number of alkyl halides is 2. The van der Waals surface area contributed by atoms with Crippen LogP contribution in [0.25, 0.3) is 6.08 Å². The highest BCUT2D eigenvalue weighted by Gasteiger charge is 2.25. The van der Waals surface area contributed by atoms with E-state index in [1.165, 1.54) is 18.2 Å². The lowest BCUT2D eigenvalue weighted by atomic mass is 10.2. The predicted molar refractivity (Wildman–Crippen MR) is 96.3 cm³/mol. The van der Waals surface area contributed by atoms with Crippen molar-refractivity contribution in [3.05, 3.63) is 35.9 Å². The van der Waals surface area contributed by atoms with Crippen LogP contribution < -0.4 is 10.1 Å². The number of halogens is 2. The Kier molecular flexibility index (Phi) is 6.39. The summed E-state index contributed by atoms with van der Waals surface area (Å²) in [5.41, 5.74) is 0.418. The summed E-state index contributed by atoms with van der Waals surface area (Å²) >= 11 is 0. The Morgan fingerprint density at radius 1 is 1.19 bits per heavy atom. The van der Waals surface area contributed by atoms with Gasteiger partial charge in [0.2, 0.25) is 11.8 Å². The molecule has 8 heteroatoms. The van der Waals surface area contributed by atoms with Gasteiger partial charge in [0.1, 0.15) is 5.75 Å². The molecule has 1 aliphatic carbocycles. The molecule has 0 radical (unpaired) electrons. The van der Waals surface area contributed by atoms with E-state index in [2.05, 4.69) is 10.1 Å². The zero-order chi connectivity index (χ0) is 19.2. The molecule has 2 fully saturated rings. The first-order chi connectivity index (χ1) is 13.0. The number of piperazine rings is 1. The van der Waals surface area contributed by atoms with Crippen LogP contribution in [0.1, 0.15) is 18.4 Å². The van der Waals surface area contributed by atoms with Gasteiger partial charge in [-0.3, -0.25) is 14.5 Å². The number of hydrogen-bond donors (Lipinski definition) is 1. The molecule has 6 nitrogen and oxygen atoms in total. The molecule has 1 aromatic carbocycles. The number of nitrogens with one attached hydrogen (secondary N) is 1. The van der Waals surface area contributed by atoms with Gasteiger partial charge in [-0.15, -0.1) is 0 Å². The molecule has 27 heavy (non-hydrogen) atoms. The molecule has 1 saturated carbocycles. The van der Waals surface area contributed by atoms with Gasteiger partial charge in [0, 0.05) is 43.9 Å². The van der Waals surface area contributed by atoms with E-state index in [1.807, 2.05) is 4.90 Å². The van der Waals surface area contributed by atoms with Crippen LogP contribution in [0, 0.1) is 0 Å². The van der Waals surface area contributed by atoms with Gasteiger partial charge < -0.3 is 15.0 Å². The number of ether oxygens (including phenoxy) is 1. The summed E-state index contributed by atoms with van der Waals surface area (Å²) in [6.07, 6.45) is 4.97. The molecule has 146 valence electrons. The largest absolute Gasteiger partial charge is 0.434 e. The van der Waals surface area contributed by atoms with E-state index >= 15 is 0 Å². The van der Waals surface area contributed by atoms with Crippen LogP contribution in [0.15, 0.2) is 30.3 Å². The van der Waals surface area contributed by atoms with Gasteiger partial charge in [-0.25, -0.2) is 0 Å². The lowest BCUT2D eigenvalue weighted by molar-refractivity contribution is -0.128. The van der Waals surface area contributed by atoms with E-state index < -0.39 is 6.61 Å². The van der Waals surface area contributed by atoms with Crippen LogP contribution in [-0.4, -0.2) is 67.0 Å². The maximum absolute atomic E-state index is 12.4. The Balaban J connectivity index is 1.48. The first kappa shape index (κ1) is 19.3. The van der Waals surface area contributed by atoms with Crippen molar-refractivity contribution >= 4 is 17.9 Å². The second-order valence-electron chi connectivity index (χ2n) is 6.69. The fourth-order valence-electron chi connectivity index (χ4n) is 2.92. The van der Waals surface area contributed by atoms with Crippen molar-refractivity contribution in [1.82, 2.24) is 15.1 Å². The van der Waals surface area contributed by atoms with Crippen LogP contribution in [-0.2, 0) is 9.59 Å². The van der Waals surface area contributed by atoms with Gasteiger partial charge in [0.15, 0.2) is 0 Å². The van der Waals surface area contributed by atoms with E-state index in [9.17, 15) is 18.4 Å². The Bertz CT molecular complexity index is 699. The quantitative estimate of drug-likeness (QED) is 0.733. The topological polar surface area (TPSA) is 61.9 Å². The summed E-state index contributed by atoms with van der Waals surface area (Å²) in [4.78, 5) is 27.9. The molecule has 0 aromatic heterocycles. The van der Waals surface area contributed by atoms with E-state index in [0.29, 0.717) is 44.3 Å². The van der Waals surface area contributed by atoms with Crippen molar-refractivity contribution in [2.45, 2.75) is 25.5 Å². The van der Waals surface area contributed by atoms with Gasteiger partial charge >= 0.3 is 6.61 Å². The Morgan fingerprint density at radius 2 is 1.89 bits per heavy atom. The van der Waals surface area contributed by atoms with Crippen LogP contribution in [0.5, 0.6) is 5.75 Å². The van der Waals surface area contributed by atoms with E-state index in [0.717, 1.165) is 12.8 Å². The lowest BCUT2D eigenvalue weighted by Crippen LogP contribution is -2.51. The minimum atomic E-state index is -2.92. The summed E-state index contributed by atoms with van der Waals surface area (Å²) in [5.74, 6) is -0.125. The summed E-state index contributed by atoms with van der Waals surface area (Å²) < 4.78 is 29.3. The fourth-order valence-corrected chi connectivity index (χ4v) is 2.92. The number of hydrogen-bond acceptors (Lipinski definition) is 4. The molecule has 0 atom stereocenters. The molecule has 2 amide bonds. The zero-order valence-electron chi connectivity index (χ0n) is 14.9. The number of nitrogens with zero attached hydrogens (tertiary/aromatic N) is 2. The molecular weight excluding hydrogens is 356 g/mol. The van der Waals surface area contributed by atoms with E-state index in [-0.39, 0.29) is 17.6 Å². The summed E-state index contributed by atoms with van der Waals surface area (Å²) in [7, 11) is 0. The standard InChI is InChI=1S/C19H23F2N3O3/c20-19(21)27-16-4-2-1-3-14(16)5-8-18(26)24-11-9-23(10-12-24)13-17(25)22-15-6-7-15/h1-5,8,15,19H,6-7,9-13H2,(H,22,25). The van der Waals surface area contributed by atoms with Gasteiger partial charge in [-0.05, 0) is 25.0 Å². The third-order valence-corrected chi connectivity index (χ3v) is 4.53. The highest BCUT2D eigenvalue weighted by Crippen LogP contribution is 2.21. The smallest absolute Gasteiger partial charge is 0.387 e. The zero-order valence-corrected chi connectivity index (χ0v) is 14.9. The first-order valence-corrected chi connectivity index (χ1v) is 9.04. The van der Waals surface area contributed by atoms with Crippen molar-refractivity contribution in [2.24, 2.45) is 0 Å². The normalized spacial score (nSPS) is 18.1. The summed E-state index contributed by atoms with van der Waals surface area (Å²) in [6.45, 7) is -0.261. The lowest BCUT2D eigenvalue weighted by Gasteiger charge is -2.33. The number of carbonyl (C=O) groups is 2. The van der Waals surface area contributed by atoms with Crippen molar-refractivity contribution in [1.29, 1.82) is 0 Å². The van der Waals surface area contributed by atoms with Gasteiger partial charge in [-0.2, -0.15) is 8.78 Å². The molecule has 0 bridgehead atoms. The number of benzene rings is 1. The van der Waals surface area contributed by atoms with Crippen molar-refractivity contribution in [2.75, 3.05) is 32.7 Å². The monoisotopic (exact) mass is 379 g/mol. The summed E-state index contributed by atoms with van der Waals surface area (Å²) in [5, 5.41) is 2.95. The van der Waals surface area contributed by atoms with E-state index in [1.54, 1.807) is 23.1 Å². The van der Waals surface area contributed by atoms with Crippen LogP contribution in [0.4, 0.5) is 8.78 Å². The SMILES string of the molecule is O=C(CN1CCN(C(=O)C=Cc2ccccc2OC(F)F)CC1)NC1CC1. The van der Waals surface area contributed by atoms with Crippen LogP contribution in [0.2, 0.25) is 0 Å². The van der Waals surface area contributed by atoms with Crippen molar-refractivity contribution in [3.63, 3.8) is 0 Å². The van der Waals surface area contributed by atoms with Crippen LogP contribution >= 0.6 is 0 Å². The number of amides is 2. The van der Waals surface area contributed by atoms with E-state index in [4.69, 9.17) is 0 Å². The molecule has 1 aliphatic heterocycles. The third kappa shape index (κ3) is 6.02. The van der Waals surface area contributed by atoms with Gasteiger partial charge in [-0.1, -0.05) is 18.2 Å². The Labute approximate surface area is 156 Å². The summed E-state index contributed by atoms with van der Waals surface area (Å²) in [6, 6.07) is 6.67. The Hall–Kier alpha value is -2.48. The number of para-hydroxylation sites is 1. The molecule has 1 saturated heterocycles.